The lowest BCUT2D eigenvalue weighted by Gasteiger charge is -2.31. The van der Waals surface area contributed by atoms with Gasteiger partial charge in [0.1, 0.15) is 5.78 Å². The molecule has 0 aliphatic rings. The first-order chi connectivity index (χ1) is 15.7. The number of hydrogen-bond acceptors (Lipinski definition) is 4. The van der Waals surface area contributed by atoms with Crippen molar-refractivity contribution in [3.8, 4) is 0 Å². The molecule has 0 bridgehead atoms. The van der Waals surface area contributed by atoms with Crippen LogP contribution in [0.15, 0.2) is 78.9 Å². The molecule has 0 aliphatic carbocycles. The topological polar surface area (TPSA) is 41.6 Å². The standard InChI is InChI=1S/C28H37N2O2P/c1-21(2)20-32-33(31,27-18-16-26(17-19-27)30(5)6)28(29-25-10-8-7-9-11-25)24-14-12-23(13-15-24)22(3)4/h7-19,21-22,28-29H,20H2,1-6H3. The molecule has 0 amide bonds. The molecule has 3 rings (SSSR count). The number of benzene rings is 3. The molecule has 2 unspecified atom stereocenters. The van der Waals surface area contributed by atoms with E-state index in [0.29, 0.717) is 12.5 Å². The predicted octanol–water partition coefficient (Wildman–Crippen LogP) is 7.26. The Hall–Kier alpha value is -2.55. The van der Waals surface area contributed by atoms with Gasteiger partial charge in [-0.05, 0) is 59.4 Å². The molecule has 0 aromatic heterocycles. The van der Waals surface area contributed by atoms with Crippen LogP contribution in [0.2, 0.25) is 0 Å². The highest BCUT2D eigenvalue weighted by molar-refractivity contribution is 7.67. The number of para-hydroxylation sites is 1. The van der Waals surface area contributed by atoms with Gasteiger partial charge >= 0.3 is 0 Å². The number of anilines is 2. The molecule has 0 fully saturated rings. The maximum atomic E-state index is 14.8. The summed E-state index contributed by atoms with van der Waals surface area (Å²) in [5, 5.41) is 4.26. The van der Waals surface area contributed by atoms with Crippen molar-refractivity contribution in [2.45, 2.75) is 39.4 Å². The summed E-state index contributed by atoms with van der Waals surface area (Å²) in [4.78, 5) is 2.04. The van der Waals surface area contributed by atoms with Crippen LogP contribution in [0.1, 0.15) is 50.5 Å². The van der Waals surface area contributed by atoms with Crippen molar-refractivity contribution >= 4 is 24.0 Å². The van der Waals surface area contributed by atoms with Gasteiger partial charge in [-0.15, -0.1) is 0 Å². The van der Waals surface area contributed by atoms with Crippen molar-refractivity contribution in [3.05, 3.63) is 90.0 Å². The normalized spacial score (nSPS) is 14.2. The molecule has 0 heterocycles. The van der Waals surface area contributed by atoms with Gasteiger partial charge < -0.3 is 14.7 Å². The summed E-state index contributed by atoms with van der Waals surface area (Å²) in [6.45, 7) is 8.94. The largest absolute Gasteiger partial charge is 0.378 e. The SMILES string of the molecule is CC(C)COP(=O)(c1ccc(N(C)C)cc1)C(Nc1ccccc1)c1ccc(C(C)C)cc1. The van der Waals surface area contributed by atoms with Gasteiger partial charge in [0.25, 0.3) is 7.37 Å². The van der Waals surface area contributed by atoms with E-state index in [2.05, 4.69) is 57.3 Å². The van der Waals surface area contributed by atoms with E-state index in [1.54, 1.807) is 0 Å². The third-order valence-electron chi connectivity index (χ3n) is 5.66. The van der Waals surface area contributed by atoms with Crippen molar-refractivity contribution in [3.63, 3.8) is 0 Å². The zero-order valence-corrected chi connectivity index (χ0v) is 21.6. The monoisotopic (exact) mass is 464 g/mol. The Kier molecular flexibility index (Phi) is 8.40. The molecule has 4 nitrogen and oxygen atoms in total. The molecule has 0 radical (unpaired) electrons. The second-order valence-corrected chi connectivity index (χ2v) is 11.9. The van der Waals surface area contributed by atoms with E-state index in [9.17, 15) is 4.57 Å². The van der Waals surface area contributed by atoms with Gasteiger partial charge in [0, 0.05) is 30.8 Å². The van der Waals surface area contributed by atoms with E-state index in [0.717, 1.165) is 22.2 Å². The molecule has 0 aliphatic heterocycles. The van der Waals surface area contributed by atoms with E-state index >= 15 is 0 Å². The predicted molar refractivity (Wildman–Crippen MR) is 142 cm³/mol. The Balaban J connectivity index is 2.11. The highest BCUT2D eigenvalue weighted by Gasteiger charge is 2.38. The molecule has 33 heavy (non-hydrogen) atoms. The maximum Gasteiger partial charge on any atom is 0.258 e. The molecule has 1 N–H and O–H groups in total. The Labute approximate surface area is 199 Å². The summed E-state index contributed by atoms with van der Waals surface area (Å²) < 4.78 is 21.1. The summed E-state index contributed by atoms with van der Waals surface area (Å²) in [5.41, 5.74) is 4.18. The van der Waals surface area contributed by atoms with Gasteiger partial charge in [-0.1, -0.05) is 70.2 Å². The lowest BCUT2D eigenvalue weighted by atomic mass is 10.0. The Morgan fingerprint density at radius 2 is 1.39 bits per heavy atom. The summed E-state index contributed by atoms with van der Waals surface area (Å²) in [7, 11) is 0.658. The molecule has 0 saturated carbocycles. The van der Waals surface area contributed by atoms with Crippen LogP contribution >= 0.6 is 7.37 Å². The fourth-order valence-corrected chi connectivity index (χ4v) is 6.20. The molecular weight excluding hydrogens is 427 g/mol. The van der Waals surface area contributed by atoms with Crippen molar-refractivity contribution in [1.29, 1.82) is 0 Å². The highest BCUT2D eigenvalue weighted by Crippen LogP contribution is 2.59. The maximum absolute atomic E-state index is 14.8. The van der Waals surface area contributed by atoms with Gasteiger partial charge in [0.05, 0.1) is 6.61 Å². The van der Waals surface area contributed by atoms with Gasteiger partial charge in [0.2, 0.25) is 0 Å². The minimum absolute atomic E-state index is 0.264. The average Bonchev–Trinajstić information content (AvgIpc) is 2.82. The number of nitrogens with one attached hydrogen (secondary N) is 1. The van der Waals surface area contributed by atoms with Crippen LogP contribution in [-0.4, -0.2) is 20.7 Å². The first-order valence-electron chi connectivity index (χ1n) is 11.6. The van der Waals surface area contributed by atoms with Crippen LogP contribution in [0.25, 0.3) is 0 Å². The number of rotatable bonds is 10. The van der Waals surface area contributed by atoms with Gasteiger partial charge in [-0.3, -0.25) is 4.57 Å². The lowest BCUT2D eigenvalue weighted by molar-refractivity contribution is 0.272. The summed E-state index contributed by atoms with van der Waals surface area (Å²) in [6.07, 6.45) is 0. The molecule has 3 aromatic carbocycles. The summed E-state index contributed by atoms with van der Waals surface area (Å²) >= 11 is 0. The van der Waals surface area contributed by atoms with E-state index in [1.165, 1.54) is 5.56 Å². The van der Waals surface area contributed by atoms with E-state index in [4.69, 9.17) is 4.52 Å². The zero-order chi connectivity index (χ0) is 24.0. The minimum atomic E-state index is -3.34. The Morgan fingerprint density at radius 1 is 0.818 bits per heavy atom. The van der Waals surface area contributed by atoms with Crippen LogP contribution in [-0.2, 0) is 9.09 Å². The average molecular weight is 465 g/mol. The second-order valence-electron chi connectivity index (χ2n) is 9.43. The van der Waals surface area contributed by atoms with Crippen LogP contribution in [0, 0.1) is 5.92 Å². The molecule has 0 spiro atoms. The van der Waals surface area contributed by atoms with Crippen LogP contribution < -0.4 is 15.5 Å². The minimum Gasteiger partial charge on any atom is -0.378 e. The molecule has 3 aromatic rings. The lowest BCUT2D eigenvalue weighted by Crippen LogP contribution is -2.22. The van der Waals surface area contributed by atoms with Crippen molar-refractivity contribution in [2.75, 3.05) is 30.9 Å². The third kappa shape index (κ3) is 6.28. The van der Waals surface area contributed by atoms with E-state index in [-0.39, 0.29) is 5.92 Å². The van der Waals surface area contributed by atoms with Crippen LogP contribution in [0.5, 0.6) is 0 Å². The Bertz CT molecular complexity index is 1050. The molecule has 5 heteroatoms. The van der Waals surface area contributed by atoms with Crippen molar-refractivity contribution in [2.24, 2.45) is 5.92 Å². The summed E-state index contributed by atoms with van der Waals surface area (Å²) in [5.74, 6) is 0.187. The van der Waals surface area contributed by atoms with Crippen molar-refractivity contribution < 1.29 is 9.09 Å². The van der Waals surface area contributed by atoms with Gasteiger partial charge in [-0.2, -0.15) is 0 Å². The first-order valence-corrected chi connectivity index (χ1v) is 13.3. The van der Waals surface area contributed by atoms with E-state index in [1.807, 2.05) is 73.6 Å². The van der Waals surface area contributed by atoms with E-state index < -0.39 is 13.2 Å². The molecule has 0 saturated heterocycles. The van der Waals surface area contributed by atoms with Crippen LogP contribution in [0.3, 0.4) is 0 Å². The van der Waals surface area contributed by atoms with Gasteiger partial charge in [0.15, 0.2) is 0 Å². The summed E-state index contributed by atoms with van der Waals surface area (Å²) in [6, 6.07) is 26.2. The van der Waals surface area contributed by atoms with Crippen molar-refractivity contribution in [1.82, 2.24) is 0 Å². The molecule has 2 atom stereocenters. The second kappa shape index (κ2) is 11.0. The van der Waals surface area contributed by atoms with Gasteiger partial charge in [-0.25, -0.2) is 0 Å². The quantitative estimate of drug-likeness (QED) is 0.321. The fourth-order valence-electron chi connectivity index (χ4n) is 3.64. The fraction of sp³-hybridized carbons (Fsp3) is 0.357. The highest BCUT2D eigenvalue weighted by atomic mass is 31.2. The Morgan fingerprint density at radius 3 is 1.91 bits per heavy atom. The van der Waals surface area contributed by atoms with Crippen LogP contribution in [0.4, 0.5) is 11.4 Å². The third-order valence-corrected chi connectivity index (χ3v) is 8.32. The zero-order valence-electron chi connectivity index (χ0n) is 20.7. The number of hydrogen-bond donors (Lipinski definition) is 1. The molecular formula is C28H37N2O2P. The smallest absolute Gasteiger partial charge is 0.258 e. The molecule has 176 valence electrons. The first kappa shape index (κ1) is 25.1. The number of nitrogens with zero attached hydrogens (tertiary/aromatic N) is 1.